The number of hydrogen-bond acceptors (Lipinski definition) is 4. The smallest absolute Gasteiger partial charge is 0.410 e. The minimum Gasteiger partial charge on any atom is -0.444 e. The molecule has 1 aliphatic carbocycles. The van der Waals surface area contributed by atoms with E-state index < -0.39 is 17.2 Å². The van der Waals surface area contributed by atoms with E-state index in [0.717, 1.165) is 12.8 Å². The van der Waals surface area contributed by atoms with Crippen molar-refractivity contribution in [3.05, 3.63) is 35.7 Å². The Morgan fingerprint density at radius 1 is 1.13 bits per heavy atom. The average Bonchev–Trinajstić information content (AvgIpc) is 3.30. The summed E-state index contributed by atoms with van der Waals surface area (Å²) in [7, 11) is 1.75. The van der Waals surface area contributed by atoms with Crippen LogP contribution in [0.3, 0.4) is 0 Å². The fraction of sp³-hybridized carbons (Fsp3) is 0.565. The van der Waals surface area contributed by atoms with Crippen LogP contribution in [-0.2, 0) is 11.8 Å². The number of fused-ring (bicyclic) bond motifs is 1. The number of aromatic nitrogens is 2. The number of carbonyl (C=O) groups is 1. The van der Waals surface area contributed by atoms with Gasteiger partial charge in [-0.05, 0) is 64.5 Å². The van der Waals surface area contributed by atoms with Crippen molar-refractivity contribution < 1.29 is 18.3 Å². The third-order valence-corrected chi connectivity index (χ3v) is 6.15. The molecule has 4 rings (SSSR count). The van der Waals surface area contributed by atoms with Gasteiger partial charge in [0.05, 0.1) is 11.4 Å². The number of halogens is 2. The minimum atomic E-state index is -0.867. The van der Waals surface area contributed by atoms with E-state index in [1.807, 2.05) is 20.8 Å². The van der Waals surface area contributed by atoms with E-state index in [1.165, 1.54) is 0 Å². The zero-order valence-corrected chi connectivity index (χ0v) is 18.7. The van der Waals surface area contributed by atoms with Gasteiger partial charge in [0.1, 0.15) is 5.60 Å². The van der Waals surface area contributed by atoms with Crippen molar-refractivity contribution in [2.75, 3.05) is 18.4 Å². The maximum absolute atomic E-state index is 14.8. The first-order chi connectivity index (χ1) is 14.5. The van der Waals surface area contributed by atoms with Crippen molar-refractivity contribution in [3.8, 4) is 11.1 Å². The summed E-state index contributed by atoms with van der Waals surface area (Å²) in [6.45, 7) is 8.64. The maximum atomic E-state index is 14.8. The van der Waals surface area contributed by atoms with Gasteiger partial charge >= 0.3 is 6.09 Å². The molecule has 0 radical (unpaired) electrons. The lowest BCUT2D eigenvalue weighted by atomic mass is 10.0. The van der Waals surface area contributed by atoms with Gasteiger partial charge in [-0.15, -0.1) is 0 Å². The number of anilines is 1. The number of nitrogens with zero attached hydrogens (tertiary/aromatic N) is 3. The molecule has 1 aromatic heterocycles. The number of hydrogen-bond donors (Lipinski definition) is 1. The molecule has 2 atom stereocenters. The first-order valence-corrected chi connectivity index (χ1v) is 10.7. The summed E-state index contributed by atoms with van der Waals surface area (Å²) in [6.07, 6.45) is 3.04. The van der Waals surface area contributed by atoms with E-state index in [-0.39, 0.29) is 23.4 Å². The third-order valence-electron chi connectivity index (χ3n) is 6.15. The predicted molar refractivity (Wildman–Crippen MR) is 115 cm³/mol. The number of amides is 1. The molecule has 2 fully saturated rings. The van der Waals surface area contributed by atoms with Crippen molar-refractivity contribution in [1.29, 1.82) is 0 Å². The Morgan fingerprint density at radius 3 is 2.32 bits per heavy atom. The van der Waals surface area contributed by atoms with Crippen molar-refractivity contribution >= 4 is 11.8 Å². The summed E-state index contributed by atoms with van der Waals surface area (Å²) in [4.78, 5) is 14.1. The summed E-state index contributed by atoms with van der Waals surface area (Å²) < 4.78 is 36.7. The molecular weight excluding hydrogens is 402 g/mol. The number of carbonyl (C=O) groups excluding carboxylic acids is 1. The lowest BCUT2D eigenvalue weighted by Crippen LogP contribution is -2.36. The summed E-state index contributed by atoms with van der Waals surface area (Å²) in [5, 5.41) is 7.40. The second-order valence-corrected chi connectivity index (χ2v) is 9.81. The zero-order chi connectivity index (χ0) is 22.5. The molecule has 1 saturated carbocycles. The molecule has 168 valence electrons. The van der Waals surface area contributed by atoms with E-state index in [2.05, 4.69) is 10.4 Å². The van der Waals surface area contributed by atoms with Gasteiger partial charge in [-0.2, -0.15) is 5.10 Å². The van der Waals surface area contributed by atoms with Crippen molar-refractivity contribution in [1.82, 2.24) is 14.7 Å². The minimum absolute atomic E-state index is 0.0515. The van der Waals surface area contributed by atoms with Crippen LogP contribution in [0.2, 0.25) is 0 Å². The highest BCUT2D eigenvalue weighted by Gasteiger charge is 2.43. The van der Waals surface area contributed by atoms with E-state index in [9.17, 15) is 13.6 Å². The molecule has 2 heterocycles. The van der Waals surface area contributed by atoms with Crippen LogP contribution in [0.5, 0.6) is 0 Å². The third kappa shape index (κ3) is 4.38. The molecule has 6 nitrogen and oxygen atoms in total. The van der Waals surface area contributed by atoms with Crippen molar-refractivity contribution in [3.63, 3.8) is 0 Å². The topological polar surface area (TPSA) is 59.4 Å². The molecule has 31 heavy (non-hydrogen) atoms. The molecule has 1 saturated heterocycles. The van der Waals surface area contributed by atoms with E-state index in [1.54, 1.807) is 41.9 Å². The fourth-order valence-corrected chi connectivity index (χ4v) is 4.85. The largest absolute Gasteiger partial charge is 0.444 e. The van der Waals surface area contributed by atoms with E-state index in [4.69, 9.17) is 4.74 Å². The monoisotopic (exact) mass is 432 g/mol. The van der Waals surface area contributed by atoms with E-state index in [0.29, 0.717) is 36.2 Å². The van der Waals surface area contributed by atoms with Crippen LogP contribution in [0.15, 0.2) is 18.3 Å². The molecule has 2 aromatic rings. The van der Waals surface area contributed by atoms with Gasteiger partial charge in [0.15, 0.2) is 11.6 Å². The lowest BCUT2D eigenvalue weighted by molar-refractivity contribution is 0.0280. The Balaban J connectivity index is 1.40. The lowest BCUT2D eigenvalue weighted by Gasteiger charge is -2.25. The van der Waals surface area contributed by atoms with Gasteiger partial charge in [-0.25, -0.2) is 13.6 Å². The molecule has 2 aliphatic rings. The zero-order valence-electron chi connectivity index (χ0n) is 18.7. The number of likely N-dealkylation sites (tertiary alicyclic amines) is 1. The summed E-state index contributed by atoms with van der Waals surface area (Å²) in [6, 6.07) is 3.25. The van der Waals surface area contributed by atoms with Crippen LogP contribution in [0.1, 0.15) is 39.3 Å². The van der Waals surface area contributed by atoms with Crippen LogP contribution in [0, 0.1) is 30.4 Å². The maximum Gasteiger partial charge on any atom is 0.410 e. The molecular formula is C23H30F2N4O2. The Bertz CT molecular complexity index is 984. The predicted octanol–water partition coefficient (Wildman–Crippen LogP) is 4.73. The highest BCUT2D eigenvalue weighted by Crippen LogP contribution is 2.40. The van der Waals surface area contributed by atoms with Crippen LogP contribution in [-0.4, -0.2) is 45.5 Å². The molecule has 1 amide bonds. The van der Waals surface area contributed by atoms with Gasteiger partial charge in [0.25, 0.3) is 0 Å². The molecule has 1 aromatic carbocycles. The van der Waals surface area contributed by atoms with Gasteiger partial charge < -0.3 is 15.0 Å². The standard InChI is InChI=1S/C23H30F2N4O2/c1-13-18(12-28(5)27-13)17-6-7-19(21(25)20(17)24)26-16-8-14-10-29(11-15(14)9-16)22(30)31-23(2,3)4/h6-7,12,14-16,26H,8-11H2,1-5H3. The van der Waals surface area contributed by atoms with Gasteiger partial charge in [-0.3, -0.25) is 4.68 Å². The highest BCUT2D eigenvalue weighted by molar-refractivity contribution is 5.69. The summed E-state index contributed by atoms with van der Waals surface area (Å²) in [5.74, 6) is -1.05. The van der Waals surface area contributed by atoms with Gasteiger partial charge in [-0.1, -0.05) is 0 Å². The number of nitrogens with one attached hydrogen (secondary N) is 1. The van der Waals surface area contributed by atoms with Crippen molar-refractivity contribution in [2.45, 2.75) is 52.2 Å². The Labute approximate surface area is 181 Å². The molecule has 0 bridgehead atoms. The number of ether oxygens (including phenoxy) is 1. The Morgan fingerprint density at radius 2 is 1.77 bits per heavy atom. The second-order valence-electron chi connectivity index (χ2n) is 9.81. The fourth-order valence-electron chi connectivity index (χ4n) is 4.85. The van der Waals surface area contributed by atoms with Gasteiger partial charge in [0, 0.05) is 43.5 Å². The number of aryl methyl sites for hydroxylation is 2. The van der Waals surface area contributed by atoms with Crippen LogP contribution in [0.4, 0.5) is 19.3 Å². The molecule has 0 spiro atoms. The molecule has 2 unspecified atom stereocenters. The van der Waals surface area contributed by atoms with Gasteiger partial charge in [0.2, 0.25) is 0 Å². The average molecular weight is 433 g/mol. The number of rotatable bonds is 3. The summed E-state index contributed by atoms with van der Waals surface area (Å²) >= 11 is 0. The first kappa shape index (κ1) is 21.6. The second kappa shape index (κ2) is 7.80. The van der Waals surface area contributed by atoms with Crippen molar-refractivity contribution in [2.24, 2.45) is 18.9 Å². The SMILES string of the molecule is Cc1nn(C)cc1-c1ccc(NC2CC3CN(C(=O)OC(C)(C)C)CC3C2)c(F)c1F. The first-order valence-electron chi connectivity index (χ1n) is 10.7. The van der Waals surface area contributed by atoms with Crippen LogP contribution >= 0.6 is 0 Å². The highest BCUT2D eigenvalue weighted by atomic mass is 19.2. The quantitative estimate of drug-likeness (QED) is 0.762. The number of benzene rings is 1. The molecule has 1 aliphatic heterocycles. The Hall–Kier alpha value is -2.64. The normalized spacial score (nSPS) is 23.2. The summed E-state index contributed by atoms with van der Waals surface area (Å²) in [5.41, 5.74) is 1.12. The Kier molecular flexibility index (Phi) is 5.43. The van der Waals surface area contributed by atoms with Crippen LogP contribution < -0.4 is 5.32 Å². The van der Waals surface area contributed by atoms with Crippen LogP contribution in [0.25, 0.3) is 11.1 Å². The molecule has 8 heteroatoms. The molecule has 1 N–H and O–H groups in total. The van der Waals surface area contributed by atoms with E-state index >= 15 is 0 Å².